The Morgan fingerprint density at radius 2 is 1.68 bits per heavy atom. The van der Waals surface area contributed by atoms with Gasteiger partial charge in [-0.3, -0.25) is 0 Å². The summed E-state index contributed by atoms with van der Waals surface area (Å²) < 4.78 is 10.8. The quantitative estimate of drug-likeness (QED) is 0.624. The highest BCUT2D eigenvalue weighted by molar-refractivity contribution is 5.27. The fourth-order valence-electron chi connectivity index (χ4n) is 1.92. The zero-order valence-corrected chi connectivity index (χ0v) is 12.3. The summed E-state index contributed by atoms with van der Waals surface area (Å²) in [5.74, 6) is 0.969. The minimum absolute atomic E-state index is 0.771. The molecule has 0 bridgehead atoms. The molecule has 1 N–H and O–H groups in total. The maximum absolute atomic E-state index is 5.73. The van der Waals surface area contributed by atoms with E-state index in [9.17, 15) is 0 Å². The second kappa shape index (κ2) is 10.8. The fourth-order valence-corrected chi connectivity index (χ4v) is 1.92. The first-order chi connectivity index (χ1) is 9.36. The Labute approximate surface area is 117 Å². The summed E-state index contributed by atoms with van der Waals surface area (Å²) >= 11 is 0. The van der Waals surface area contributed by atoms with Gasteiger partial charge in [0.15, 0.2) is 0 Å². The third-order valence-corrected chi connectivity index (χ3v) is 3.11. The van der Waals surface area contributed by atoms with Crippen molar-refractivity contribution in [3.05, 3.63) is 29.8 Å². The smallest absolute Gasteiger partial charge is 0.119 e. The molecule has 0 radical (unpaired) electrons. The molecule has 0 amide bonds. The molecule has 1 rings (SSSR count). The average molecular weight is 265 g/mol. The molecule has 19 heavy (non-hydrogen) atoms. The van der Waals surface area contributed by atoms with Gasteiger partial charge in [-0.2, -0.15) is 0 Å². The lowest BCUT2D eigenvalue weighted by atomic mass is 10.1. The number of rotatable bonds is 11. The summed E-state index contributed by atoms with van der Waals surface area (Å²) in [5, 5.41) is 3.16. The molecule has 0 fully saturated rings. The second-order valence-corrected chi connectivity index (χ2v) is 4.75. The van der Waals surface area contributed by atoms with E-state index in [1.54, 1.807) is 7.11 Å². The molecule has 0 saturated heterocycles. The average Bonchev–Trinajstić information content (AvgIpc) is 2.45. The van der Waals surface area contributed by atoms with Crippen LogP contribution in [0.15, 0.2) is 24.3 Å². The lowest BCUT2D eigenvalue weighted by Gasteiger charge is -2.07. The van der Waals surface area contributed by atoms with Crippen molar-refractivity contribution in [2.45, 2.75) is 32.1 Å². The van der Waals surface area contributed by atoms with Crippen molar-refractivity contribution >= 4 is 0 Å². The largest absolute Gasteiger partial charge is 0.494 e. The van der Waals surface area contributed by atoms with E-state index in [1.165, 1.54) is 24.8 Å². The van der Waals surface area contributed by atoms with Gasteiger partial charge in [0.05, 0.1) is 13.2 Å². The summed E-state index contributed by atoms with van der Waals surface area (Å²) in [5.41, 5.74) is 1.29. The number of hydrogen-bond acceptors (Lipinski definition) is 3. The lowest BCUT2D eigenvalue weighted by molar-refractivity contribution is 0.202. The number of benzene rings is 1. The van der Waals surface area contributed by atoms with E-state index >= 15 is 0 Å². The lowest BCUT2D eigenvalue weighted by Crippen LogP contribution is -2.07. The highest BCUT2D eigenvalue weighted by Crippen LogP contribution is 2.13. The summed E-state index contributed by atoms with van der Waals surface area (Å²) in [6.07, 6.45) is 5.87. The van der Waals surface area contributed by atoms with Crippen molar-refractivity contribution in [3.8, 4) is 5.75 Å². The Kier molecular flexibility index (Phi) is 9.11. The molecule has 0 saturated carbocycles. The molecular weight excluding hydrogens is 238 g/mol. The minimum atomic E-state index is 0.771. The van der Waals surface area contributed by atoms with Crippen LogP contribution >= 0.6 is 0 Å². The number of methoxy groups -OCH3 is 1. The monoisotopic (exact) mass is 265 g/mol. The van der Waals surface area contributed by atoms with Gasteiger partial charge in [-0.05, 0) is 50.6 Å². The number of unbranched alkanes of at least 4 members (excludes halogenated alkanes) is 3. The van der Waals surface area contributed by atoms with Crippen molar-refractivity contribution in [2.75, 3.05) is 33.9 Å². The predicted molar refractivity (Wildman–Crippen MR) is 79.9 cm³/mol. The van der Waals surface area contributed by atoms with Gasteiger partial charge < -0.3 is 14.8 Å². The van der Waals surface area contributed by atoms with Crippen LogP contribution in [-0.2, 0) is 11.2 Å². The third-order valence-electron chi connectivity index (χ3n) is 3.11. The first-order valence-electron chi connectivity index (χ1n) is 7.22. The van der Waals surface area contributed by atoms with Crippen LogP contribution in [-0.4, -0.2) is 33.9 Å². The Morgan fingerprint density at radius 1 is 0.947 bits per heavy atom. The molecule has 0 aromatic heterocycles. The highest BCUT2D eigenvalue weighted by Gasteiger charge is 1.96. The van der Waals surface area contributed by atoms with Gasteiger partial charge in [0.25, 0.3) is 0 Å². The number of hydrogen-bond donors (Lipinski definition) is 1. The van der Waals surface area contributed by atoms with Gasteiger partial charge in [0.2, 0.25) is 0 Å². The van der Waals surface area contributed by atoms with Crippen molar-refractivity contribution in [1.82, 2.24) is 5.32 Å². The summed E-state index contributed by atoms with van der Waals surface area (Å²) in [6, 6.07) is 8.32. The van der Waals surface area contributed by atoms with Crippen LogP contribution in [0, 0.1) is 0 Å². The van der Waals surface area contributed by atoms with Crippen molar-refractivity contribution in [1.29, 1.82) is 0 Å². The zero-order chi connectivity index (χ0) is 13.8. The van der Waals surface area contributed by atoms with Crippen LogP contribution in [0.25, 0.3) is 0 Å². The maximum atomic E-state index is 5.73. The minimum Gasteiger partial charge on any atom is -0.494 e. The molecule has 0 aliphatic rings. The maximum Gasteiger partial charge on any atom is 0.119 e. The Balaban J connectivity index is 2.09. The molecule has 0 atom stereocenters. The molecule has 0 aliphatic carbocycles. The highest BCUT2D eigenvalue weighted by atomic mass is 16.5. The normalized spacial score (nSPS) is 10.6. The van der Waals surface area contributed by atoms with Crippen molar-refractivity contribution in [3.63, 3.8) is 0 Å². The van der Waals surface area contributed by atoms with Crippen LogP contribution in [0.2, 0.25) is 0 Å². The van der Waals surface area contributed by atoms with Crippen molar-refractivity contribution in [2.24, 2.45) is 0 Å². The molecule has 0 aliphatic heterocycles. The SMILES string of the molecule is CNCCCCCCOc1ccc(CCOC)cc1. The predicted octanol–water partition coefficient (Wildman–Crippen LogP) is 3.03. The zero-order valence-electron chi connectivity index (χ0n) is 12.3. The van der Waals surface area contributed by atoms with E-state index in [4.69, 9.17) is 9.47 Å². The van der Waals surface area contributed by atoms with E-state index in [0.717, 1.165) is 38.3 Å². The molecule has 1 aromatic carbocycles. The molecule has 3 heteroatoms. The van der Waals surface area contributed by atoms with E-state index < -0.39 is 0 Å². The third kappa shape index (κ3) is 7.85. The Bertz CT molecular complexity index is 311. The van der Waals surface area contributed by atoms with E-state index in [2.05, 4.69) is 17.4 Å². The van der Waals surface area contributed by atoms with Gasteiger partial charge in [-0.25, -0.2) is 0 Å². The number of ether oxygens (including phenoxy) is 2. The molecule has 0 heterocycles. The summed E-state index contributed by atoms with van der Waals surface area (Å²) in [6.45, 7) is 2.70. The van der Waals surface area contributed by atoms with E-state index in [1.807, 2.05) is 19.2 Å². The summed E-state index contributed by atoms with van der Waals surface area (Å²) in [4.78, 5) is 0. The van der Waals surface area contributed by atoms with Crippen LogP contribution in [0.5, 0.6) is 5.75 Å². The Hall–Kier alpha value is -1.06. The molecular formula is C16H27NO2. The van der Waals surface area contributed by atoms with Gasteiger partial charge in [-0.15, -0.1) is 0 Å². The van der Waals surface area contributed by atoms with Gasteiger partial charge in [-0.1, -0.05) is 25.0 Å². The van der Waals surface area contributed by atoms with Crippen LogP contribution in [0.4, 0.5) is 0 Å². The van der Waals surface area contributed by atoms with E-state index in [0.29, 0.717) is 0 Å². The van der Waals surface area contributed by atoms with Crippen molar-refractivity contribution < 1.29 is 9.47 Å². The van der Waals surface area contributed by atoms with Gasteiger partial charge >= 0.3 is 0 Å². The van der Waals surface area contributed by atoms with Crippen LogP contribution in [0.3, 0.4) is 0 Å². The summed E-state index contributed by atoms with van der Waals surface area (Å²) in [7, 11) is 3.73. The second-order valence-electron chi connectivity index (χ2n) is 4.75. The standard InChI is InChI=1S/C16H27NO2/c1-17-12-5-3-4-6-13-19-16-9-7-15(8-10-16)11-14-18-2/h7-10,17H,3-6,11-14H2,1-2H3. The van der Waals surface area contributed by atoms with Gasteiger partial charge in [0, 0.05) is 7.11 Å². The van der Waals surface area contributed by atoms with Crippen LogP contribution in [0.1, 0.15) is 31.2 Å². The van der Waals surface area contributed by atoms with Gasteiger partial charge in [0.1, 0.15) is 5.75 Å². The first kappa shape index (κ1) is 16.0. The Morgan fingerprint density at radius 3 is 2.37 bits per heavy atom. The first-order valence-corrected chi connectivity index (χ1v) is 7.22. The molecule has 1 aromatic rings. The number of nitrogens with one attached hydrogen (secondary N) is 1. The molecule has 0 unspecified atom stereocenters. The topological polar surface area (TPSA) is 30.5 Å². The fraction of sp³-hybridized carbons (Fsp3) is 0.625. The molecule has 3 nitrogen and oxygen atoms in total. The molecule has 0 spiro atoms. The van der Waals surface area contributed by atoms with E-state index in [-0.39, 0.29) is 0 Å². The molecule has 108 valence electrons. The van der Waals surface area contributed by atoms with Crippen LogP contribution < -0.4 is 10.1 Å².